The molecule has 0 saturated carbocycles. The average molecular weight is 313 g/mol. The smallest absolute Gasteiger partial charge is 0.225 e. The summed E-state index contributed by atoms with van der Waals surface area (Å²) in [7, 11) is 4.73. The SMILES string of the molecule is COc1cc2c(c(OC)c1OC)C(c1ccccc1)CC(=O)N2. The second kappa shape index (κ2) is 6.20. The quantitative estimate of drug-likeness (QED) is 0.942. The first-order chi connectivity index (χ1) is 11.2. The first-order valence-corrected chi connectivity index (χ1v) is 7.37. The minimum atomic E-state index is -0.0882. The van der Waals surface area contributed by atoms with E-state index in [0.717, 1.165) is 11.1 Å². The van der Waals surface area contributed by atoms with Gasteiger partial charge in [0.1, 0.15) is 0 Å². The van der Waals surface area contributed by atoms with Crippen molar-refractivity contribution in [2.75, 3.05) is 26.6 Å². The maximum absolute atomic E-state index is 12.1. The highest BCUT2D eigenvalue weighted by atomic mass is 16.5. The number of fused-ring (bicyclic) bond motifs is 1. The molecule has 0 bridgehead atoms. The van der Waals surface area contributed by atoms with Gasteiger partial charge in [-0.1, -0.05) is 30.3 Å². The van der Waals surface area contributed by atoms with Gasteiger partial charge in [0.05, 0.1) is 27.0 Å². The molecule has 1 amide bonds. The van der Waals surface area contributed by atoms with Crippen LogP contribution in [0, 0.1) is 0 Å². The fraction of sp³-hybridized carbons (Fsp3) is 0.278. The molecule has 23 heavy (non-hydrogen) atoms. The zero-order chi connectivity index (χ0) is 16.4. The number of hydrogen-bond donors (Lipinski definition) is 1. The van der Waals surface area contributed by atoms with E-state index in [1.165, 1.54) is 0 Å². The van der Waals surface area contributed by atoms with Crippen LogP contribution in [0.2, 0.25) is 0 Å². The van der Waals surface area contributed by atoms with Gasteiger partial charge in [0.25, 0.3) is 0 Å². The van der Waals surface area contributed by atoms with Crippen molar-refractivity contribution in [3.8, 4) is 17.2 Å². The maximum atomic E-state index is 12.1. The maximum Gasteiger partial charge on any atom is 0.225 e. The summed E-state index contributed by atoms with van der Waals surface area (Å²) in [5, 5.41) is 2.91. The molecule has 3 rings (SSSR count). The summed E-state index contributed by atoms with van der Waals surface area (Å²) < 4.78 is 16.4. The van der Waals surface area contributed by atoms with E-state index in [1.807, 2.05) is 30.3 Å². The summed E-state index contributed by atoms with van der Waals surface area (Å²) in [4.78, 5) is 12.1. The van der Waals surface area contributed by atoms with E-state index >= 15 is 0 Å². The first kappa shape index (κ1) is 15.2. The Hall–Kier alpha value is -2.69. The molecule has 0 fully saturated rings. The number of amides is 1. The molecule has 1 unspecified atom stereocenters. The molecule has 120 valence electrons. The minimum absolute atomic E-state index is 0.0272. The lowest BCUT2D eigenvalue weighted by atomic mass is 9.84. The molecule has 1 N–H and O–H groups in total. The van der Waals surface area contributed by atoms with Gasteiger partial charge in [0.2, 0.25) is 11.7 Å². The Kier molecular flexibility index (Phi) is 4.10. The van der Waals surface area contributed by atoms with Crippen LogP contribution in [0.4, 0.5) is 5.69 Å². The summed E-state index contributed by atoms with van der Waals surface area (Å²) in [6.07, 6.45) is 0.364. The number of nitrogens with one attached hydrogen (secondary N) is 1. The molecular weight excluding hydrogens is 294 g/mol. The largest absolute Gasteiger partial charge is 0.493 e. The fourth-order valence-corrected chi connectivity index (χ4v) is 3.09. The van der Waals surface area contributed by atoms with Gasteiger partial charge in [0.15, 0.2) is 11.5 Å². The number of hydrogen-bond acceptors (Lipinski definition) is 4. The lowest BCUT2D eigenvalue weighted by Crippen LogP contribution is -2.24. The highest BCUT2D eigenvalue weighted by Crippen LogP contribution is 2.51. The van der Waals surface area contributed by atoms with E-state index in [1.54, 1.807) is 27.4 Å². The van der Waals surface area contributed by atoms with Crippen LogP contribution >= 0.6 is 0 Å². The van der Waals surface area contributed by atoms with Crippen LogP contribution in [0.1, 0.15) is 23.5 Å². The Labute approximate surface area is 135 Å². The molecular formula is C18H19NO4. The number of rotatable bonds is 4. The number of anilines is 1. The van der Waals surface area contributed by atoms with Crippen molar-refractivity contribution in [3.05, 3.63) is 47.5 Å². The summed E-state index contributed by atoms with van der Waals surface area (Å²) in [5.41, 5.74) is 2.68. The van der Waals surface area contributed by atoms with E-state index in [0.29, 0.717) is 29.4 Å². The van der Waals surface area contributed by atoms with Crippen LogP contribution in [0.5, 0.6) is 17.2 Å². The van der Waals surface area contributed by atoms with Crippen LogP contribution in [0.25, 0.3) is 0 Å². The van der Waals surface area contributed by atoms with Crippen LogP contribution in [0.15, 0.2) is 36.4 Å². The Morgan fingerprint density at radius 3 is 2.30 bits per heavy atom. The predicted molar refractivity (Wildman–Crippen MR) is 87.6 cm³/mol. The molecule has 1 heterocycles. The highest BCUT2D eigenvalue weighted by Gasteiger charge is 2.33. The third kappa shape index (κ3) is 2.59. The third-order valence-electron chi connectivity index (χ3n) is 4.08. The van der Waals surface area contributed by atoms with Gasteiger partial charge in [0, 0.05) is 24.0 Å². The second-order valence-electron chi connectivity index (χ2n) is 5.32. The lowest BCUT2D eigenvalue weighted by molar-refractivity contribution is -0.116. The normalized spacial score (nSPS) is 16.3. The van der Waals surface area contributed by atoms with E-state index < -0.39 is 0 Å². The molecule has 1 atom stereocenters. The van der Waals surface area contributed by atoms with Gasteiger partial charge < -0.3 is 19.5 Å². The summed E-state index contributed by atoms with van der Waals surface area (Å²) in [5.74, 6) is 1.54. The number of benzene rings is 2. The molecule has 0 aliphatic carbocycles. The zero-order valence-corrected chi connectivity index (χ0v) is 13.4. The first-order valence-electron chi connectivity index (χ1n) is 7.37. The van der Waals surface area contributed by atoms with E-state index in [9.17, 15) is 4.79 Å². The van der Waals surface area contributed by atoms with E-state index in [-0.39, 0.29) is 11.8 Å². The van der Waals surface area contributed by atoms with Crippen molar-refractivity contribution in [2.24, 2.45) is 0 Å². The summed E-state index contributed by atoms with van der Waals surface area (Å²) in [6, 6.07) is 11.7. The zero-order valence-electron chi connectivity index (χ0n) is 13.4. The minimum Gasteiger partial charge on any atom is -0.493 e. The molecule has 0 saturated heterocycles. The molecule has 0 spiro atoms. The number of ether oxygens (including phenoxy) is 3. The highest BCUT2D eigenvalue weighted by molar-refractivity contribution is 5.97. The van der Waals surface area contributed by atoms with Crippen LogP contribution in [-0.4, -0.2) is 27.2 Å². The molecule has 1 aliphatic heterocycles. The molecule has 0 radical (unpaired) electrons. The van der Waals surface area contributed by atoms with E-state index in [4.69, 9.17) is 14.2 Å². The summed E-state index contributed by atoms with van der Waals surface area (Å²) in [6.45, 7) is 0. The Bertz CT molecular complexity index is 728. The van der Waals surface area contributed by atoms with Gasteiger partial charge in [-0.2, -0.15) is 0 Å². The molecule has 2 aromatic rings. The predicted octanol–water partition coefficient (Wildman–Crippen LogP) is 3.19. The van der Waals surface area contributed by atoms with Crippen LogP contribution in [-0.2, 0) is 4.79 Å². The lowest BCUT2D eigenvalue weighted by Gasteiger charge is -2.29. The molecule has 1 aliphatic rings. The van der Waals surface area contributed by atoms with Gasteiger partial charge in [-0.05, 0) is 5.56 Å². The number of methoxy groups -OCH3 is 3. The standard InChI is InChI=1S/C18H19NO4/c1-21-14-10-13-16(18(23-3)17(14)22-2)12(9-15(20)19-13)11-7-5-4-6-8-11/h4-8,10,12H,9H2,1-3H3,(H,19,20). The van der Waals surface area contributed by atoms with Crippen LogP contribution in [0.3, 0.4) is 0 Å². The Morgan fingerprint density at radius 1 is 1.00 bits per heavy atom. The molecule has 5 nitrogen and oxygen atoms in total. The van der Waals surface area contributed by atoms with Crippen molar-refractivity contribution in [1.29, 1.82) is 0 Å². The Morgan fingerprint density at radius 2 is 1.70 bits per heavy atom. The van der Waals surface area contributed by atoms with Crippen LogP contribution < -0.4 is 19.5 Å². The third-order valence-corrected chi connectivity index (χ3v) is 4.08. The van der Waals surface area contributed by atoms with Gasteiger partial charge >= 0.3 is 0 Å². The van der Waals surface area contributed by atoms with Crippen molar-refractivity contribution < 1.29 is 19.0 Å². The van der Waals surface area contributed by atoms with Gasteiger partial charge in [-0.3, -0.25) is 4.79 Å². The van der Waals surface area contributed by atoms with Crippen molar-refractivity contribution >= 4 is 11.6 Å². The van der Waals surface area contributed by atoms with Gasteiger partial charge in [-0.25, -0.2) is 0 Å². The van der Waals surface area contributed by atoms with Crippen molar-refractivity contribution in [3.63, 3.8) is 0 Å². The summed E-state index contributed by atoms with van der Waals surface area (Å²) >= 11 is 0. The monoisotopic (exact) mass is 313 g/mol. The Balaban J connectivity index is 2.25. The average Bonchev–Trinajstić information content (AvgIpc) is 2.59. The second-order valence-corrected chi connectivity index (χ2v) is 5.32. The van der Waals surface area contributed by atoms with Gasteiger partial charge in [-0.15, -0.1) is 0 Å². The van der Waals surface area contributed by atoms with Crippen molar-refractivity contribution in [1.82, 2.24) is 0 Å². The fourth-order valence-electron chi connectivity index (χ4n) is 3.09. The van der Waals surface area contributed by atoms with Crippen molar-refractivity contribution in [2.45, 2.75) is 12.3 Å². The molecule has 5 heteroatoms. The molecule has 2 aromatic carbocycles. The number of carbonyl (C=O) groups is 1. The number of carbonyl (C=O) groups excluding carboxylic acids is 1. The molecule has 0 aromatic heterocycles. The topological polar surface area (TPSA) is 56.8 Å². The van der Waals surface area contributed by atoms with E-state index in [2.05, 4.69) is 5.32 Å².